The number of nitrogens with zero attached hydrogens (tertiary/aromatic N) is 5. The van der Waals surface area contributed by atoms with Gasteiger partial charge in [-0.25, -0.2) is 0 Å². The topological polar surface area (TPSA) is 67.7 Å². The summed E-state index contributed by atoms with van der Waals surface area (Å²) in [5.74, 6) is 2.25. The van der Waals surface area contributed by atoms with Crippen molar-refractivity contribution in [3.8, 4) is 0 Å². The van der Waals surface area contributed by atoms with E-state index in [9.17, 15) is 0 Å². The van der Waals surface area contributed by atoms with Crippen LogP contribution in [0.5, 0.6) is 0 Å². The van der Waals surface area contributed by atoms with Crippen LogP contribution in [0.1, 0.15) is 60.8 Å². The third-order valence-electron chi connectivity index (χ3n) is 6.01. The van der Waals surface area contributed by atoms with E-state index >= 15 is 0 Å². The highest BCUT2D eigenvalue weighted by molar-refractivity contribution is 5.87. The number of methoxy groups -OCH3 is 1. The van der Waals surface area contributed by atoms with Crippen LogP contribution in [0.4, 0.5) is 0 Å². The van der Waals surface area contributed by atoms with Crippen LogP contribution in [-0.2, 0) is 4.74 Å². The van der Waals surface area contributed by atoms with Gasteiger partial charge in [-0.15, -0.1) is 0 Å². The van der Waals surface area contributed by atoms with Gasteiger partial charge in [-0.05, 0) is 25.9 Å². The SMILES string of the molecule is CC(C)(C)C1=NCN(CCN2CCCCC2)CN1.COCCN1CN=C(C(C)(C)C)NC1. The van der Waals surface area contributed by atoms with Crippen molar-refractivity contribution in [2.24, 2.45) is 20.8 Å². The van der Waals surface area contributed by atoms with Crippen LogP contribution in [0.15, 0.2) is 9.98 Å². The minimum Gasteiger partial charge on any atom is -0.383 e. The molecule has 0 saturated carbocycles. The van der Waals surface area contributed by atoms with Crippen molar-refractivity contribution in [1.29, 1.82) is 0 Å². The van der Waals surface area contributed by atoms with Gasteiger partial charge in [0.1, 0.15) is 11.7 Å². The third-order valence-corrected chi connectivity index (χ3v) is 6.01. The second-order valence-corrected chi connectivity index (χ2v) is 11.2. The van der Waals surface area contributed by atoms with E-state index in [0.29, 0.717) is 0 Å². The van der Waals surface area contributed by atoms with E-state index in [4.69, 9.17) is 4.74 Å². The summed E-state index contributed by atoms with van der Waals surface area (Å²) in [6.07, 6.45) is 4.18. The standard InChI is InChI=1S/C14H28N4.C10H21N3O/c1-14(2,3)13-15-11-18(12-16-13)10-9-17-7-5-4-6-8-17;1-10(2,3)9-11-7-13(8-12-9)5-6-14-4/h4-12H2,1-3H3,(H,15,16);5-8H2,1-4H3,(H,11,12). The average Bonchev–Trinajstić information content (AvgIpc) is 2.77. The Labute approximate surface area is 196 Å². The Kier molecular flexibility index (Phi) is 10.9. The fourth-order valence-electron chi connectivity index (χ4n) is 3.92. The molecule has 8 heteroatoms. The molecule has 3 aliphatic rings. The highest BCUT2D eigenvalue weighted by Crippen LogP contribution is 2.17. The normalized spacial score (nSPS) is 21.6. The van der Waals surface area contributed by atoms with Gasteiger partial charge < -0.3 is 20.3 Å². The summed E-state index contributed by atoms with van der Waals surface area (Å²) in [6, 6.07) is 0. The summed E-state index contributed by atoms with van der Waals surface area (Å²) >= 11 is 0. The molecule has 0 bridgehead atoms. The molecule has 3 rings (SSSR count). The molecule has 0 aliphatic carbocycles. The van der Waals surface area contributed by atoms with Crippen molar-refractivity contribution in [2.75, 3.05) is 73.1 Å². The molecule has 8 nitrogen and oxygen atoms in total. The van der Waals surface area contributed by atoms with Gasteiger partial charge in [-0.2, -0.15) is 0 Å². The summed E-state index contributed by atoms with van der Waals surface area (Å²) in [7, 11) is 1.72. The summed E-state index contributed by atoms with van der Waals surface area (Å²) in [5.41, 5.74) is 0.284. The third kappa shape index (κ3) is 9.73. The van der Waals surface area contributed by atoms with Crippen LogP contribution in [-0.4, -0.2) is 99.5 Å². The molecule has 2 N–H and O–H groups in total. The van der Waals surface area contributed by atoms with Gasteiger partial charge in [0.15, 0.2) is 0 Å². The van der Waals surface area contributed by atoms with Crippen molar-refractivity contribution >= 4 is 11.7 Å². The first kappa shape index (κ1) is 27.0. The molecule has 0 radical (unpaired) electrons. The van der Waals surface area contributed by atoms with Gasteiger partial charge in [-0.3, -0.25) is 19.8 Å². The number of aliphatic imine (C=N–C) groups is 2. The molecule has 32 heavy (non-hydrogen) atoms. The number of rotatable bonds is 6. The Morgan fingerprint density at radius 1 is 0.719 bits per heavy atom. The second kappa shape index (κ2) is 12.9. The number of amidine groups is 2. The van der Waals surface area contributed by atoms with E-state index in [2.05, 4.69) is 76.9 Å². The molecular weight excluding hydrogens is 402 g/mol. The monoisotopic (exact) mass is 451 g/mol. The van der Waals surface area contributed by atoms with Crippen molar-refractivity contribution in [3.63, 3.8) is 0 Å². The van der Waals surface area contributed by atoms with Gasteiger partial charge in [0.25, 0.3) is 0 Å². The highest BCUT2D eigenvalue weighted by atomic mass is 16.5. The Bertz CT molecular complexity index is 600. The largest absolute Gasteiger partial charge is 0.383 e. The summed E-state index contributed by atoms with van der Waals surface area (Å²) in [6.45, 7) is 23.2. The van der Waals surface area contributed by atoms with Crippen molar-refractivity contribution < 1.29 is 4.74 Å². The van der Waals surface area contributed by atoms with E-state index in [0.717, 1.165) is 58.0 Å². The van der Waals surface area contributed by atoms with Crippen molar-refractivity contribution in [3.05, 3.63) is 0 Å². The molecule has 0 aromatic heterocycles. The molecule has 0 amide bonds. The number of ether oxygens (including phenoxy) is 1. The quantitative estimate of drug-likeness (QED) is 0.647. The maximum absolute atomic E-state index is 5.02. The number of hydrogen-bond acceptors (Lipinski definition) is 8. The van der Waals surface area contributed by atoms with Gasteiger partial charge in [-0.1, -0.05) is 48.0 Å². The van der Waals surface area contributed by atoms with E-state index in [-0.39, 0.29) is 10.8 Å². The zero-order chi connectivity index (χ0) is 23.6. The number of hydrogen-bond donors (Lipinski definition) is 2. The van der Waals surface area contributed by atoms with Crippen LogP contribution < -0.4 is 10.6 Å². The average molecular weight is 452 g/mol. The maximum Gasteiger partial charge on any atom is 0.104 e. The molecule has 186 valence electrons. The first-order valence-electron chi connectivity index (χ1n) is 12.3. The van der Waals surface area contributed by atoms with Gasteiger partial charge in [0, 0.05) is 37.6 Å². The molecular formula is C24H49N7O. The predicted molar refractivity (Wildman–Crippen MR) is 135 cm³/mol. The van der Waals surface area contributed by atoms with Crippen LogP contribution >= 0.6 is 0 Å². The molecule has 0 atom stereocenters. The lowest BCUT2D eigenvalue weighted by Gasteiger charge is -2.34. The van der Waals surface area contributed by atoms with Crippen LogP contribution in [0, 0.1) is 10.8 Å². The predicted octanol–water partition coefficient (Wildman–Crippen LogP) is 2.63. The van der Waals surface area contributed by atoms with Crippen LogP contribution in [0.2, 0.25) is 0 Å². The van der Waals surface area contributed by atoms with E-state index in [1.165, 1.54) is 38.9 Å². The van der Waals surface area contributed by atoms with Crippen molar-refractivity contribution in [2.45, 2.75) is 60.8 Å². The lowest BCUT2D eigenvalue weighted by Crippen LogP contribution is -2.49. The molecule has 1 saturated heterocycles. The fraction of sp³-hybridized carbons (Fsp3) is 0.917. The Balaban J connectivity index is 0.000000235. The second-order valence-electron chi connectivity index (χ2n) is 11.2. The lowest BCUT2D eigenvalue weighted by atomic mass is 9.95. The molecule has 3 heterocycles. The Hall–Kier alpha value is -1.22. The minimum absolute atomic E-state index is 0.132. The van der Waals surface area contributed by atoms with E-state index in [1.807, 2.05) is 0 Å². The molecule has 0 aromatic carbocycles. The van der Waals surface area contributed by atoms with Gasteiger partial charge in [0.05, 0.1) is 33.3 Å². The van der Waals surface area contributed by atoms with Gasteiger partial charge >= 0.3 is 0 Å². The van der Waals surface area contributed by atoms with E-state index < -0.39 is 0 Å². The zero-order valence-corrected chi connectivity index (χ0v) is 21.8. The highest BCUT2D eigenvalue weighted by Gasteiger charge is 2.23. The number of nitrogens with one attached hydrogen (secondary N) is 2. The molecule has 0 aromatic rings. The fourth-order valence-corrected chi connectivity index (χ4v) is 3.92. The number of piperidine rings is 1. The first-order chi connectivity index (χ1) is 15.1. The molecule has 0 spiro atoms. The Morgan fingerprint density at radius 2 is 1.19 bits per heavy atom. The van der Waals surface area contributed by atoms with Crippen molar-refractivity contribution in [1.82, 2.24) is 25.3 Å². The smallest absolute Gasteiger partial charge is 0.104 e. The zero-order valence-electron chi connectivity index (χ0n) is 21.8. The van der Waals surface area contributed by atoms with Gasteiger partial charge in [0.2, 0.25) is 0 Å². The molecule has 1 fully saturated rings. The lowest BCUT2D eigenvalue weighted by molar-refractivity contribution is 0.143. The summed E-state index contributed by atoms with van der Waals surface area (Å²) in [4.78, 5) is 16.4. The summed E-state index contributed by atoms with van der Waals surface area (Å²) < 4.78 is 5.02. The molecule has 3 aliphatic heterocycles. The van der Waals surface area contributed by atoms with Crippen LogP contribution in [0.25, 0.3) is 0 Å². The summed E-state index contributed by atoms with van der Waals surface area (Å²) in [5, 5.41) is 6.79. The van der Waals surface area contributed by atoms with E-state index in [1.54, 1.807) is 7.11 Å². The van der Waals surface area contributed by atoms with Crippen LogP contribution in [0.3, 0.4) is 0 Å². The number of likely N-dealkylation sites (tertiary alicyclic amines) is 1. The Morgan fingerprint density at radius 3 is 1.59 bits per heavy atom. The molecule has 0 unspecified atom stereocenters. The maximum atomic E-state index is 5.02. The minimum atomic E-state index is 0.132. The first-order valence-corrected chi connectivity index (χ1v) is 12.3.